The van der Waals surface area contributed by atoms with Gasteiger partial charge in [-0.1, -0.05) is 36.4 Å². The molecule has 0 unspecified atom stereocenters. The van der Waals surface area contributed by atoms with Crippen molar-refractivity contribution < 1.29 is 0 Å². The third kappa shape index (κ3) is 1.48. The maximum absolute atomic E-state index is 4.94. The lowest BCUT2D eigenvalue weighted by molar-refractivity contribution is 0.940. The minimum absolute atomic E-state index is 1.00. The van der Waals surface area contributed by atoms with Gasteiger partial charge in [0.1, 0.15) is 0 Å². The van der Waals surface area contributed by atoms with Gasteiger partial charge < -0.3 is 0 Å². The highest BCUT2D eigenvalue weighted by Gasteiger charge is 2.20. The van der Waals surface area contributed by atoms with Gasteiger partial charge in [-0.25, -0.2) is 4.98 Å². The number of aromatic nitrogens is 3. The van der Waals surface area contributed by atoms with Crippen LogP contribution in [0.4, 0.5) is 0 Å². The SMILES string of the molecule is C1=Cc2c(nc3n(-c4ccccc4)c4ccccc4n23)CC1. The third-order valence-electron chi connectivity index (χ3n) is 4.37. The van der Waals surface area contributed by atoms with Crippen molar-refractivity contribution in [1.82, 2.24) is 14.0 Å². The Morgan fingerprint density at radius 2 is 1.64 bits per heavy atom. The number of nitrogens with zero attached hydrogens (tertiary/aromatic N) is 3. The second-order valence-corrected chi connectivity index (χ2v) is 5.68. The predicted octanol–water partition coefficient (Wildman–Crippen LogP) is 4.24. The van der Waals surface area contributed by atoms with E-state index in [-0.39, 0.29) is 0 Å². The number of hydrogen-bond donors (Lipinski definition) is 0. The maximum atomic E-state index is 4.94. The summed E-state index contributed by atoms with van der Waals surface area (Å²) in [6.45, 7) is 0. The number of para-hydroxylation sites is 3. The van der Waals surface area contributed by atoms with Crippen LogP contribution in [0.5, 0.6) is 0 Å². The van der Waals surface area contributed by atoms with Crippen LogP contribution >= 0.6 is 0 Å². The number of imidazole rings is 2. The average Bonchev–Trinajstić information content (AvgIpc) is 3.10. The molecule has 2 aromatic carbocycles. The summed E-state index contributed by atoms with van der Waals surface area (Å²) in [6.07, 6.45) is 6.55. The summed E-state index contributed by atoms with van der Waals surface area (Å²) in [5.41, 5.74) is 5.99. The van der Waals surface area contributed by atoms with Crippen molar-refractivity contribution >= 4 is 22.9 Å². The van der Waals surface area contributed by atoms with Crippen LogP contribution in [0.3, 0.4) is 0 Å². The molecular weight excluding hydrogens is 270 g/mol. The molecule has 4 aromatic rings. The second kappa shape index (κ2) is 4.34. The largest absolute Gasteiger partial charge is 0.278 e. The zero-order chi connectivity index (χ0) is 14.5. The number of rotatable bonds is 1. The van der Waals surface area contributed by atoms with Crippen molar-refractivity contribution in [1.29, 1.82) is 0 Å². The predicted molar refractivity (Wildman–Crippen MR) is 89.4 cm³/mol. The van der Waals surface area contributed by atoms with Crippen LogP contribution in [0, 0.1) is 0 Å². The molecular formula is C19H15N3. The molecule has 0 atom stereocenters. The summed E-state index contributed by atoms with van der Waals surface area (Å²) >= 11 is 0. The first-order valence-electron chi connectivity index (χ1n) is 7.66. The Labute approximate surface area is 128 Å². The molecule has 0 bridgehead atoms. The van der Waals surface area contributed by atoms with E-state index in [0.717, 1.165) is 24.3 Å². The first-order chi connectivity index (χ1) is 10.9. The van der Waals surface area contributed by atoms with E-state index < -0.39 is 0 Å². The summed E-state index contributed by atoms with van der Waals surface area (Å²) in [5.74, 6) is 1.00. The van der Waals surface area contributed by atoms with E-state index in [0.29, 0.717) is 0 Å². The smallest absolute Gasteiger partial charge is 0.220 e. The zero-order valence-corrected chi connectivity index (χ0v) is 12.1. The number of fused-ring (bicyclic) bond motifs is 5. The molecule has 0 amide bonds. The fourth-order valence-electron chi connectivity index (χ4n) is 3.40. The van der Waals surface area contributed by atoms with Gasteiger partial charge in [0.25, 0.3) is 0 Å². The van der Waals surface area contributed by atoms with Gasteiger partial charge in [-0.3, -0.25) is 8.97 Å². The quantitative estimate of drug-likeness (QED) is 0.513. The molecule has 0 fully saturated rings. The van der Waals surface area contributed by atoms with Crippen molar-refractivity contribution in [2.75, 3.05) is 0 Å². The van der Waals surface area contributed by atoms with Gasteiger partial charge in [-0.05, 0) is 43.2 Å². The topological polar surface area (TPSA) is 22.2 Å². The molecule has 1 aliphatic rings. The molecule has 0 aliphatic heterocycles. The van der Waals surface area contributed by atoms with Gasteiger partial charge in [0, 0.05) is 5.69 Å². The van der Waals surface area contributed by atoms with Crippen molar-refractivity contribution in [2.24, 2.45) is 0 Å². The van der Waals surface area contributed by atoms with E-state index in [1.807, 2.05) is 6.07 Å². The fraction of sp³-hybridized carbons (Fsp3) is 0.105. The number of aryl methyl sites for hydroxylation is 1. The Kier molecular flexibility index (Phi) is 2.33. The number of benzene rings is 2. The molecule has 3 nitrogen and oxygen atoms in total. The molecule has 0 radical (unpaired) electrons. The molecule has 22 heavy (non-hydrogen) atoms. The lowest BCUT2D eigenvalue weighted by Crippen LogP contribution is -1.96. The average molecular weight is 285 g/mol. The van der Waals surface area contributed by atoms with Crippen LogP contribution in [0.2, 0.25) is 0 Å². The summed E-state index contributed by atoms with van der Waals surface area (Å²) in [5, 5.41) is 0. The van der Waals surface area contributed by atoms with Gasteiger partial charge >= 0.3 is 0 Å². The molecule has 0 saturated carbocycles. The van der Waals surface area contributed by atoms with Crippen molar-refractivity contribution in [2.45, 2.75) is 12.8 Å². The molecule has 3 heteroatoms. The van der Waals surface area contributed by atoms with Crippen LogP contribution in [-0.4, -0.2) is 14.0 Å². The Hall–Kier alpha value is -2.81. The van der Waals surface area contributed by atoms with E-state index >= 15 is 0 Å². The van der Waals surface area contributed by atoms with E-state index in [4.69, 9.17) is 4.98 Å². The Morgan fingerprint density at radius 1 is 0.864 bits per heavy atom. The van der Waals surface area contributed by atoms with Gasteiger partial charge in [-0.15, -0.1) is 0 Å². The third-order valence-corrected chi connectivity index (χ3v) is 4.37. The van der Waals surface area contributed by atoms with E-state index in [2.05, 4.69) is 69.7 Å². The Bertz CT molecular complexity index is 1020. The molecule has 2 aromatic heterocycles. The monoisotopic (exact) mass is 285 g/mol. The minimum atomic E-state index is 1.00. The van der Waals surface area contributed by atoms with E-state index in [1.165, 1.54) is 22.4 Å². The van der Waals surface area contributed by atoms with Crippen molar-refractivity contribution in [3.05, 3.63) is 72.1 Å². The van der Waals surface area contributed by atoms with Crippen LogP contribution in [-0.2, 0) is 6.42 Å². The zero-order valence-electron chi connectivity index (χ0n) is 12.1. The van der Waals surface area contributed by atoms with E-state index in [1.54, 1.807) is 0 Å². The molecule has 0 N–H and O–H groups in total. The number of hydrogen-bond acceptors (Lipinski definition) is 1. The molecule has 0 saturated heterocycles. The maximum Gasteiger partial charge on any atom is 0.220 e. The molecule has 0 spiro atoms. The molecule has 1 aliphatic carbocycles. The normalized spacial score (nSPS) is 13.8. The first kappa shape index (κ1) is 11.8. The Morgan fingerprint density at radius 3 is 2.50 bits per heavy atom. The number of allylic oxidation sites excluding steroid dienone is 1. The van der Waals surface area contributed by atoms with Crippen LogP contribution < -0.4 is 0 Å². The van der Waals surface area contributed by atoms with Crippen molar-refractivity contribution in [3.8, 4) is 5.69 Å². The van der Waals surface area contributed by atoms with Gasteiger partial charge in [-0.2, -0.15) is 0 Å². The molecule has 5 rings (SSSR count). The highest BCUT2D eigenvalue weighted by atomic mass is 15.2. The van der Waals surface area contributed by atoms with E-state index in [9.17, 15) is 0 Å². The highest BCUT2D eigenvalue weighted by Crippen LogP contribution is 2.30. The van der Waals surface area contributed by atoms with Crippen LogP contribution in [0.1, 0.15) is 17.8 Å². The lowest BCUT2D eigenvalue weighted by atomic mass is 10.1. The lowest BCUT2D eigenvalue weighted by Gasteiger charge is -2.05. The minimum Gasteiger partial charge on any atom is -0.278 e. The molecule has 106 valence electrons. The summed E-state index contributed by atoms with van der Waals surface area (Å²) in [7, 11) is 0. The fourth-order valence-corrected chi connectivity index (χ4v) is 3.40. The Balaban J connectivity index is 1.99. The molecule has 2 heterocycles. The summed E-state index contributed by atoms with van der Waals surface area (Å²) in [6, 6.07) is 19.0. The van der Waals surface area contributed by atoms with Crippen LogP contribution in [0.15, 0.2) is 60.7 Å². The van der Waals surface area contributed by atoms with Gasteiger partial charge in [0.2, 0.25) is 5.78 Å². The summed E-state index contributed by atoms with van der Waals surface area (Å²) in [4.78, 5) is 4.94. The standard InChI is InChI=1S/C19H15N3/c1-2-8-14(9-3-1)21-17-12-6-7-13-18(17)22-16-11-5-4-10-15(16)20-19(21)22/h1-3,5-9,11-13H,4,10H2. The second-order valence-electron chi connectivity index (χ2n) is 5.68. The van der Waals surface area contributed by atoms with Crippen molar-refractivity contribution in [3.63, 3.8) is 0 Å². The van der Waals surface area contributed by atoms with Gasteiger partial charge in [0.05, 0.1) is 22.4 Å². The first-order valence-corrected chi connectivity index (χ1v) is 7.66. The highest BCUT2D eigenvalue weighted by molar-refractivity contribution is 5.85. The van der Waals surface area contributed by atoms with Gasteiger partial charge in [0.15, 0.2) is 0 Å². The summed E-state index contributed by atoms with van der Waals surface area (Å²) < 4.78 is 4.54. The van der Waals surface area contributed by atoms with Crippen LogP contribution in [0.25, 0.3) is 28.6 Å².